The molecule has 0 aliphatic carbocycles. The zero-order valence-corrected chi connectivity index (χ0v) is 6.50. The molecule has 0 saturated carbocycles. The van der Waals surface area contributed by atoms with E-state index in [2.05, 4.69) is 4.74 Å². The van der Waals surface area contributed by atoms with Crippen molar-refractivity contribution >= 4 is 6.09 Å². The van der Waals surface area contributed by atoms with Gasteiger partial charge in [0.2, 0.25) is 0 Å². The molecule has 0 aliphatic rings. The van der Waals surface area contributed by atoms with Crippen LogP contribution in [0.4, 0.5) is 9.18 Å². The van der Waals surface area contributed by atoms with Gasteiger partial charge in [-0.1, -0.05) is 6.07 Å². The normalized spacial score (nSPS) is 9.50. The molecule has 1 aromatic rings. The van der Waals surface area contributed by atoms with E-state index in [1.54, 1.807) is 0 Å². The maximum absolute atomic E-state index is 12.8. The molecule has 0 unspecified atom stereocenters. The van der Waals surface area contributed by atoms with Crippen molar-refractivity contribution in [2.75, 3.05) is 0 Å². The summed E-state index contributed by atoms with van der Waals surface area (Å²) in [5.74, 6) is -0.267. The highest BCUT2D eigenvalue weighted by Crippen LogP contribution is 2.19. The molecule has 12 heavy (non-hydrogen) atoms. The predicted octanol–water partition coefficient (Wildman–Crippen LogP) is 1.59. The molecule has 0 spiro atoms. The third-order valence-electron chi connectivity index (χ3n) is 1.43. The number of amides is 1. The van der Waals surface area contributed by atoms with E-state index in [0.29, 0.717) is 0 Å². The molecule has 1 rings (SSSR count). The highest BCUT2D eigenvalue weighted by atomic mass is 19.1. The lowest BCUT2D eigenvalue weighted by atomic mass is 10.2. The van der Waals surface area contributed by atoms with Crippen molar-refractivity contribution in [1.82, 2.24) is 0 Å². The molecular formula is C8H8FNO2. The van der Waals surface area contributed by atoms with Crippen molar-refractivity contribution in [2.24, 2.45) is 5.73 Å². The molecule has 0 radical (unpaired) electrons. The lowest BCUT2D eigenvalue weighted by Crippen LogP contribution is -2.16. The maximum Gasteiger partial charge on any atom is 0.409 e. The molecule has 3 nitrogen and oxygen atoms in total. The monoisotopic (exact) mass is 169 g/mol. The summed E-state index contributed by atoms with van der Waals surface area (Å²) in [4.78, 5) is 10.3. The number of hydrogen-bond acceptors (Lipinski definition) is 2. The largest absolute Gasteiger partial charge is 0.410 e. The first-order chi connectivity index (χ1) is 5.61. The molecule has 4 heteroatoms. The quantitative estimate of drug-likeness (QED) is 0.694. The Balaban J connectivity index is 3.00. The first kappa shape index (κ1) is 8.52. The number of primary amides is 1. The van der Waals surface area contributed by atoms with Crippen molar-refractivity contribution in [3.63, 3.8) is 0 Å². The smallest absolute Gasteiger partial charge is 0.409 e. The topological polar surface area (TPSA) is 52.3 Å². The van der Waals surface area contributed by atoms with Gasteiger partial charge in [-0.2, -0.15) is 0 Å². The third-order valence-corrected chi connectivity index (χ3v) is 1.43. The van der Waals surface area contributed by atoms with E-state index in [0.717, 1.165) is 0 Å². The van der Waals surface area contributed by atoms with Crippen molar-refractivity contribution < 1.29 is 13.9 Å². The van der Waals surface area contributed by atoms with Crippen LogP contribution in [0, 0.1) is 12.7 Å². The summed E-state index contributed by atoms with van der Waals surface area (Å²) in [6, 6.07) is 4.20. The van der Waals surface area contributed by atoms with E-state index in [-0.39, 0.29) is 11.3 Å². The lowest BCUT2D eigenvalue weighted by Gasteiger charge is -2.04. The van der Waals surface area contributed by atoms with Crippen molar-refractivity contribution in [3.05, 3.63) is 29.6 Å². The van der Waals surface area contributed by atoms with Crippen LogP contribution < -0.4 is 10.5 Å². The van der Waals surface area contributed by atoms with Gasteiger partial charge in [0.1, 0.15) is 11.6 Å². The molecule has 64 valence electrons. The van der Waals surface area contributed by atoms with Crippen LogP contribution in [0.1, 0.15) is 5.56 Å². The Hall–Kier alpha value is -1.58. The Bertz CT molecular complexity index is 312. The van der Waals surface area contributed by atoms with Crippen LogP contribution >= 0.6 is 0 Å². The minimum atomic E-state index is -0.941. The van der Waals surface area contributed by atoms with Gasteiger partial charge in [-0.05, 0) is 19.1 Å². The summed E-state index contributed by atoms with van der Waals surface area (Å²) in [5.41, 5.74) is 5.03. The van der Waals surface area contributed by atoms with Gasteiger partial charge in [0.05, 0.1) is 0 Å². The Labute approximate surface area is 68.9 Å². The predicted molar refractivity (Wildman–Crippen MR) is 41.3 cm³/mol. The third kappa shape index (κ3) is 1.72. The first-order valence-electron chi connectivity index (χ1n) is 3.33. The molecule has 1 amide bonds. The number of nitrogens with two attached hydrogens (primary N) is 1. The van der Waals surface area contributed by atoms with Crippen LogP contribution in [-0.2, 0) is 0 Å². The molecule has 0 aliphatic heterocycles. The number of ether oxygens (including phenoxy) is 1. The number of rotatable bonds is 1. The second-order valence-electron chi connectivity index (χ2n) is 2.28. The Kier molecular flexibility index (Phi) is 2.28. The van der Waals surface area contributed by atoms with Gasteiger partial charge < -0.3 is 10.5 Å². The number of hydrogen-bond donors (Lipinski definition) is 1. The van der Waals surface area contributed by atoms with Gasteiger partial charge in [-0.3, -0.25) is 0 Å². The highest BCUT2D eigenvalue weighted by Gasteiger charge is 2.05. The van der Waals surface area contributed by atoms with E-state index in [1.807, 2.05) is 0 Å². The summed E-state index contributed by atoms with van der Waals surface area (Å²) >= 11 is 0. The van der Waals surface area contributed by atoms with Crippen LogP contribution in [0.5, 0.6) is 5.75 Å². The minimum Gasteiger partial charge on any atom is -0.410 e. The summed E-state index contributed by atoms with van der Waals surface area (Å²) in [6.07, 6.45) is -0.941. The van der Waals surface area contributed by atoms with Crippen LogP contribution in [0.15, 0.2) is 18.2 Å². The van der Waals surface area contributed by atoms with Crippen LogP contribution in [0.2, 0.25) is 0 Å². The first-order valence-corrected chi connectivity index (χ1v) is 3.33. The summed E-state index contributed by atoms with van der Waals surface area (Å²) in [5, 5.41) is 0. The molecule has 0 saturated heterocycles. The van der Waals surface area contributed by atoms with Crippen LogP contribution in [0.3, 0.4) is 0 Å². The molecule has 0 bridgehead atoms. The molecule has 0 fully saturated rings. The summed E-state index contributed by atoms with van der Waals surface area (Å²) in [7, 11) is 0. The number of carbonyl (C=O) groups is 1. The molecular weight excluding hydrogens is 161 g/mol. The molecule has 0 atom stereocenters. The average molecular weight is 169 g/mol. The second-order valence-corrected chi connectivity index (χ2v) is 2.28. The molecule has 0 heterocycles. The van der Waals surface area contributed by atoms with E-state index in [4.69, 9.17) is 5.73 Å². The average Bonchev–Trinajstić information content (AvgIpc) is 1.98. The second kappa shape index (κ2) is 3.21. The van der Waals surface area contributed by atoms with Gasteiger partial charge >= 0.3 is 6.09 Å². The standard InChI is InChI=1S/C8H8FNO2/c1-5-6(9)3-2-4-7(5)12-8(10)11/h2-4H,1H3,(H2,10,11). The fourth-order valence-electron chi connectivity index (χ4n) is 0.807. The van der Waals surface area contributed by atoms with Gasteiger partial charge in [0, 0.05) is 5.56 Å². The Morgan fingerprint density at radius 1 is 1.58 bits per heavy atom. The van der Waals surface area contributed by atoms with E-state index in [1.165, 1.54) is 25.1 Å². The van der Waals surface area contributed by atoms with Gasteiger partial charge in [-0.15, -0.1) is 0 Å². The van der Waals surface area contributed by atoms with E-state index >= 15 is 0 Å². The highest BCUT2D eigenvalue weighted by molar-refractivity contribution is 5.68. The summed E-state index contributed by atoms with van der Waals surface area (Å²) in [6.45, 7) is 1.51. The fraction of sp³-hybridized carbons (Fsp3) is 0.125. The maximum atomic E-state index is 12.8. The van der Waals surface area contributed by atoms with Crippen molar-refractivity contribution in [3.8, 4) is 5.75 Å². The Morgan fingerprint density at radius 3 is 2.83 bits per heavy atom. The zero-order chi connectivity index (χ0) is 9.14. The number of halogens is 1. The van der Waals surface area contributed by atoms with Gasteiger partial charge in [0.15, 0.2) is 0 Å². The van der Waals surface area contributed by atoms with E-state index in [9.17, 15) is 9.18 Å². The van der Waals surface area contributed by atoms with Crippen LogP contribution in [0.25, 0.3) is 0 Å². The zero-order valence-electron chi connectivity index (χ0n) is 6.50. The number of benzene rings is 1. The summed E-state index contributed by atoms with van der Waals surface area (Å²) < 4.78 is 17.3. The number of carbonyl (C=O) groups excluding carboxylic acids is 1. The van der Waals surface area contributed by atoms with E-state index < -0.39 is 11.9 Å². The van der Waals surface area contributed by atoms with Gasteiger partial charge in [0.25, 0.3) is 0 Å². The fourth-order valence-corrected chi connectivity index (χ4v) is 0.807. The van der Waals surface area contributed by atoms with Crippen molar-refractivity contribution in [2.45, 2.75) is 6.92 Å². The van der Waals surface area contributed by atoms with Gasteiger partial charge in [-0.25, -0.2) is 9.18 Å². The van der Waals surface area contributed by atoms with Crippen molar-refractivity contribution in [1.29, 1.82) is 0 Å². The molecule has 0 aromatic heterocycles. The minimum absolute atomic E-state index is 0.155. The van der Waals surface area contributed by atoms with Crippen LogP contribution in [-0.4, -0.2) is 6.09 Å². The Morgan fingerprint density at radius 2 is 2.25 bits per heavy atom. The molecule has 1 aromatic carbocycles. The SMILES string of the molecule is Cc1c(F)cccc1OC(N)=O. The molecule has 2 N–H and O–H groups in total. The lowest BCUT2D eigenvalue weighted by molar-refractivity contribution is 0.210.